The van der Waals surface area contributed by atoms with Crippen LogP contribution >= 0.6 is 11.6 Å². The Morgan fingerprint density at radius 2 is 1.94 bits per heavy atom. The largest absolute Gasteiger partial charge is 0.433 e. The number of nitrogens with two attached hydrogens (primary N) is 1. The lowest BCUT2D eigenvalue weighted by atomic mass is 10.4. The second-order valence-electron chi connectivity index (χ2n) is 3.08. The van der Waals surface area contributed by atoms with E-state index in [0.717, 1.165) is 6.07 Å². The van der Waals surface area contributed by atoms with Gasteiger partial charge in [-0.2, -0.15) is 13.2 Å². The molecule has 5 nitrogen and oxygen atoms in total. The number of rotatable bonds is 1. The molecule has 2 N–H and O–H groups in total. The molecule has 2 rings (SSSR count). The highest BCUT2D eigenvalue weighted by Gasteiger charge is 2.36. The van der Waals surface area contributed by atoms with E-state index in [1.54, 1.807) is 0 Å². The third-order valence-electron chi connectivity index (χ3n) is 1.85. The summed E-state index contributed by atoms with van der Waals surface area (Å²) in [5.74, 6) is -0.368. The van der Waals surface area contributed by atoms with E-state index >= 15 is 0 Å². The first-order valence-corrected chi connectivity index (χ1v) is 4.68. The van der Waals surface area contributed by atoms with E-state index in [4.69, 9.17) is 17.3 Å². The van der Waals surface area contributed by atoms with Gasteiger partial charge in [-0.25, -0.2) is 4.68 Å². The summed E-state index contributed by atoms with van der Waals surface area (Å²) in [6, 6.07) is 3.29. The van der Waals surface area contributed by atoms with Gasteiger partial charge in [-0.05, 0) is 12.1 Å². The fourth-order valence-corrected chi connectivity index (χ4v) is 1.30. The van der Waals surface area contributed by atoms with Crippen LogP contribution in [0.15, 0.2) is 18.2 Å². The second-order valence-corrected chi connectivity index (χ2v) is 3.47. The molecule has 0 atom stereocenters. The van der Waals surface area contributed by atoms with Crippen LogP contribution in [0.5, 0.6) is 0 Å². The van der Waals surface area contributed by atoms with Gasteiger partial charge in [0, 0.05) is 6.07 Å². The number of anilines is 1. The molecule has 0 aromatic carbocycles. The molecule has 2 aromatic rings. The lowest BCUT2D eigenvalue weighted by Gasteiger charge is -2.08. The van der Waals surface area contributed by atoms with E-state index in [1.165, 1.54) is 12.1 Å². The minimum absolute atomic E-state index is 0.0717. The Hall–Kier alpha value is -1.83. The van der Waals surface area contributed by atoms with Crippen molar-refractivity contribution in [2.45, 2.75) is 6.18 Å². The van der Waals surface area contributed by atoms with Gasteiger partial charge in [0.25, 0.3) is 0 Å². The van der Waals surface area contributed by atoms with Crippen LogP contribution < -0.4 is 5.73 Å². The fraction of sp³-hybridized carbons (Fsp3) is 0.125. The summed E-state index contributed by atoms with van der Waals surface area (Å²) < 4.78 is 38.5. The average molecular weight is 264 g/mol. The summed E-state index contributed by atoms with van der Waals surface area (Å²) in [4.78, 5) is 0. The molecule has 0 bridgehead atoms. The molecule has 0 saturated heterocycles. The maximum atomic E-state index is 12.6. The van der Waals surface area contributed by atoms with Crippen molar-refractivity contribution in [3.63, 3.8) is 0 Å². The summed E-state index contributed by atoms with van der Waals surface area (Å²) in [6.07, 6.45) is -4.58. The lowest BCUT2D eigenvalue weighted by Crippen LogP contribution is -2.14. The number of hydrogen-bond donors (Lipinski definition) is 1. The predicted molar refractivity (Wildman–Crippen MR) is 53.6 cm³/mol. The monoisotopic (exact) mass is 263 g/mol. The van der Waals surface area contributed by atoms with E-state index in [2.05, 4.69) is 15.3 Å². The van der Waals surface area contributed by atoms with E-state index < -0.39 is 11.9 Å². The van der Waals surface area contributed by atoms with Gasteiger partial charge in [0.05, 0.1) is 0 Å². The zero-order chi connectivity index (χ0) is 12.6. The molecule has 0 saturated carbocycles. The molecule has 0 aliphatic heterocycles. The first kappa shape index (κ1) is 11.6. The summed E-state index contributed by atoms with van der Waals surface area (Å²) >= 11 is 5.48. The van der Waals surface area contributed by atoms with Crippen molar-refractivity contribution < 1.29 is 13.2 Å². The fourth-order valence-electron chi connectivity index (χ4n) is 1.20. The van der Waals surface area contributed by atoms with Crippen LogP contribution in [0.4, 0.5) is 19.0 Å². The molecule has 0 fully saturated rings. The average Bonchev–Trinajstić information content (AvgIpc) is 2.61. The van der Waals surface area contributed by atoms with Gasteiger partial charge in [-0.1, -0.05) is 11.6 Å². The van der Waals surface area contributed by atoms with Crippen LogP contribution in [0.25, 0.3) is 5.82 Å². The molecule has 0 spiro atoms. The van der Waals surface area contributed by atoms with E-state index in [-0.39, 0.29) is 16.8 Å². The number of alkyl halides is 3. The highest BCUT2D eigenvalue weighted by molar-refractivity contribution is 6.29. The van der Waals surface area contributed by atoms with Crippen LogP contribution in [0.2, 0.25) is 5.15 Å². The highest BCUT2D eigenvalue weighted by atomic mass is 35.5. The van der Waals surface area contributed by atoms with Gasteiger partial charge in [0.15, 0.2) is 16.7 Å². The zero-order valence-corrected chi connectivity index (χ0v) is 8.87. The Bertz CT molecular complexity index is 533. The Balaban J connectivity index is 2.55. The Morgan fingerprint density at radius 3 is 2.47 bits per heavy atom. The second kappa shape index (κ2) is 3.88. The summed E-state index contributed by atoms with van der Waals surface area (Å²) in [7, 11) is 0. The minimum Gasteiger partial charge on any atom is -0.382 e. The predicted octanol–water partition coefficient (Wildman–Crippen LogP) is 1.92. The molecule has 0 radical (unpaired) electrons. The van der Waals surface area contributed by atoms with Crippen LogP contribution in [0.1, 0.15) is 5.69 Å². The van der Waals surface area contributed by atoms with Crippen LogP contribution in [0.3, 0.4) is 0 Å². The quantitative estimate of drug-likeness (QED) is 0.853. The van der Waals surface area contributed by atoms with Crippen molar-refractivity contribution in [1.29, 1.82) is 0 Å². The van der Waals surface area contributed by atoms with Gasteiger partial charge in [-0.15, -0.1) is 15.3 Å². The van der Waals surface area contributed by atoms with Gasteiger partial charge in [0.2, 0.25) is 0 Å². The van der Waals surface area contributed by atoms with Crippen molar-refractivity contribution in [2.75, 3.05) is 5.73 Å². The van der Waals surface area contributed by atoms with Crippen molar-refractivity contribution in [3.05, 3.63) is 29.0 Å². The highest BCUT2D eigenvalue weighted by Crippen LogP contribution is 2.31. The number of nitrogen functional groups attached to an aromatic ring is 1. The van der Waals surface area contributed by atoms with Gasteiger partial charge in [0.1, 0.15) is 5.82 Å². The minimum atomic E-state index is -4.58. The normalized spacial score (nSPS) is 11.8. The summed E-state index contributed by atoms with van der Waals surface area (Å²) in [5.41, 5.74) is 4.22. The summed E-state index contributed by atoms with van der Waals surface area (Å²) in [6.45, 7) is 0. The maximum Gasteiger partial charge on any atom is 0.433 e. The first-order valence-electron chi connectivity index (χ1n) is 4.30. The Labute approximate surface area is 98.0 Å². The molecule has 0 aliphatic carbocycles. The Morgan fingerprint density at radius 1 is 1.24 bits per heavy atom. The van der Waals surface area contributed by atoms with Gasteiger partial charge in [-0.3, -0.25) is 0 Å². The SMILES string of the molecule is Nc1cc(C(F)(F)F)n(-c2ccc(Cl)nn2)n1. The van der Waals surface area contributed by atoms with Crippen LogP contribution in [-0.4, -0.2) is 20.0 Å². The first-order chi connectivity index (χ1) is 7.88. The van der Waals surface area contributed by atoms with E-state index in [9.17, 15) is 13.2 Å². The van der Waals surface area contributed by atoms with Gasteiger partial charge >= 0.3 is 6.18 Å². The smallest absolute Gasteiger partial charge is 0.382 e. The number of aromatic nitrogens is 4. The molecule has 17 heavy (non-hydrogen) atoms. The van der Waals surface area contributed by atoms with Crippen LogP contribution in [0, 0.1) is 0 Å². The zero-order valence-electron chi connectivity index (χ0n) is 8.11. The molecule has 0 unspecified atom stereocenters. The van der Waals surface area contributed by atoms with Crippen molar-refractivity contribution in [2.24, 2.45) is 0 Å². The topological polar surface area (TPSA) is 69.6 Å². The molecule has 0 amide bonds. The maximum absolute atomic E-state index is 12.6. The molecule has 2 aromatic heterocycles. The molecule has 9 heteroatoms. The third kappa shape index (κ3) is 2.31. The number of hydrogen-bond acceptors (Lipinski definition) is 4. The van der Waals surface area contributed by atoms with Crippen LogP contribution in [-0.2, 0) is 6.18 Å². The molecule has 0 aliphatic rings. The summed E-state index contributed by atoms with van der Waals surface area (Å²) in [5, 5.41) is 10.5. The standard InChI is InChI=1S/C8H5ClF3N5/c9-5-1-2-7(15-14-5)17-4(8(10,11)12)3-6(13)16-17/h1-3H,(H2,13,16). The number of nitrogens with zero attached hydrogens (tertiary/aromatic N) is 4. The van der Waals surface area contributed by atoms with E-state index in [1.807, 2.05) is 0 Å². The third-order valence-corrected chi connectivity index (χ3v) is 2.06. The molecular weight excluding hydrogens is 259 g/mol. The Kier molecular flexibility index (Phi) is 2.66. The van der Waals surface area contributed by atoms with Crippen molar-refractivity contribution in [3.8, 4) is 5.82 Å². The molecule has 2 heterocycles. The number of halogens is 4. The molecule has 90 valence electrons. The van der Waals surface area contributed by atoms with Crippen molar-refractivity contribution >= 4 is 17.4 Å². The lowest BCUT2D eigenvalue weighted by molar-refractivity contribution is -0.142. The van der Waals surface area contributed by atoms with Gasteiger partial charge < -0.3 is 5.73 Å². The molecular formula is C8H5ClF3N5. The van der Waals surface area contributed by atoms with E-state index in [0.29, 0.717) is 4.68 Å². The van der Waals surface area contributed by atoms with Crippen molar-refractivity contribution in [1.82, 2.24) is 20.0 Å².